The molecule has 0 bridgehead atoms. The summed E-state index contributed by atoms with van der Waals surface area (Å²) in [7, 11) is 0. The number of hydrazine groups is 1. The minimum Gasteiger partial charge on any atom is -0.349 e. The van der Waals surface area contributed by atoms with Gasteiger partial charge in [0.05, 0.1) is 0 Å². The van der Waals surface area contributed by atoms with Gasteiger partial charge in [0.25, 0.3) is 5.91 Å². The van der Waals surface area contributed by atoms with Crippen molar-refractivity contribution in [2.24, 2.45) is 11.8 Å². The Hall–Kier alpha value is -1.55. The summed E-state index contributed by atoms with van der Waals surface area (Å²) in [5.74, 6) is 5.70. The average Bonchev–Trinajstić information content (AvgIpc) is 2.37. The lowest BCUT2D eigenvalue weighted by atomic mass is 10.0. The molecule has 0 aromatic heterocycles. The van der Waals surface area contributed by atoms with E-state index in [2.05, 4.69) is 24.6 Å². The van der Waals surface area contributed by atoms with Crippen LogP contribution in [0.4, 0.5) is 5.69 Å². The Morgan fingerprint density at radius 3 is 2.35 bits per heavy atom. The Balaban J connectivity index is 2.63. The summed E-state index contributed by atoms with van der Waals surface area (Å²) in [6.45, 7) is 6.28. The number of amides is 1. The monoisotopic (exact) mass is 235 g/mol. The summed E-state index contributed by atoms with van der Waals surface area (Å²) < 4.78 is 0. The molecule has 2 atom stereocenters. The Morgan fingerprint density at radius 2 is 1.88 bits per heavy atom. The number of benzene rings is 1. The maximum absolute atomic E-state index is 11.9. The summed E-state index contributed by atoms with van der Waals surface area (Å²) in [6.07, 6.45) is 1.05. The normalized spacial score (nSPS) is 13.9. The van der Waals surface area contributed by atoms with Crippen LogP contribution in [-0.4, -0.2) is 11.9 Å². The van der Waals surface area contributed by atoms with Gasteiger partial charge < -0.3 is 10.7 Å². The molecule has 0 aliphatic heterocycles. The quantitative estimate of drug-likeness (QED) is 0.541. The lowest BCUT2D eigenvalue weighted by molar-refractivity contribution is 0.0928. The molecule has 1 aromatic carbocycles. The second kappa shape index (κ2) is 6.25. The molecule has 94 valence electrons. The number of carbonyl (C=O) groups is 1. The molecule has 4 N–H and O–H groups in total. The third kappa shape index (κ3) is 3.75. The molecule has 4 nitrogen and oxygen atoms in total. The first-order valence-corrected chi connectivity index (χ1v) is 5.96. The standard InChI is InChI=1S/C13H21N3O/c1-4-9(2)10(3)15-13(17)11-5-7-12(16-14)8-6-11/h5-10,16H,4,14H2,1-3H3,(H,15,17). The molecule has 0 saturated carbocycles. The second-order valence-electron chi connectivity index (χ2n) is 4.37. The van der Waals surface area contributed by atoms with E-state index in [0.29, 0.717) is 11.5 Å². The molecule has 0 spiro atoms. The first kappa shape index (κ1) is 13.5. The van der Waals surface area contributed by atoms with Gasteiger partial charge in [0.2, 0.25) is 0 Å². The van der Waals surface area contributed by atoms with E-state index in [4.69, 9.17) is 5.84 Å². The van der Waals surface area contributed by atoms with Crippen LogP contribution in [0, 0.1) is 5.92 Å². The zero-order chi connectivity index (χ0) is 12.8. The number of hydrogen-bond donors (Lipinski definition) is 3. The van der Waals surface area contributed by atoms with Crippen molar-refractivity contribution >= 4 is 11.6 Å². The van der Waals surface area contributed by atoms with Crippen molar-refractivity contribution in [1.82, 2.24) is 5.32 Å². The van der Waals surface area contributed by atoms with Crippen LogP contribution in [0.15, 0.2) is 24.3 Å². The van der Waals surface area contributed by atoms with Gasteiger partial charge in [-0.15, -0.1) is 0 Å². The Morgan fingerprint density at radius 1 is 1.29 bits per heavy atom. The first-order chi connectivity index (χ1) is 8.08. The Labute approximate surface area is 103 Å². The van der Waals surface area contributed by atoms with Crippen LogP contribution < -0.4 is 16.6 Å². The van der Waals surface area contributed by atoms with Crippen LogP contribution in [0.2, 0.25) is 0 Å². The molecule has 17 heavy (non-hydrogen) atoms. The molecule has 1 amide bonds. The van der Waals surface area contributed by atoms with E-state index in [1.165, 1.54) is 0 Å². The molecule has 0 saturated heterocycles. The van der Waals surface area contributed by atoms with E-state index >= 15 is 0 Å². The van der Waals surface area contributed by atoms with Gasteiger partial charge in [-0.1, -0.05) is 20.3 Å². The fourth-order valence-electron chi connectivity index (χ4n) is 1.50. The minimum atomic E-state index is -0.0404. The number of carbonyl (C=O) groups excluding carboxylic acids is 1. The number of nitrogens with two attached hydrogens (primary N) is 1. The molecule has 0 radical (unpaired) electrons. The van der Waals surface area contributed by atoms with E-state index in [9.17, 15) is 4.79 Å². The predicted molar refractivity (Wildman–Crippen MR) is 70.6 cm³/mol. The Kier molecular flexibility index (Phi) is 4.97. The van der Waals surface area contributed by atoms with Crippen LogP contribution in [-0.2, 0) is 0 Å². The van der Waals surface area contributed by atoms with Gasteiger partial charge in [-0.3, -0.25) is 10.6 Å². The van der Waals surface area contributed by atoms with E-state index < -0.39 is 0 Å². The maximum Gasteiger partial charge on any atom is 0.251 e. The predicted octanol–water partition coefficient (Wildman–Crippen LogP) is 2.14. The lowest BCUT2D eigenvalue weighted by Gasteiger charge is -2.19. The van der Waals surface area contributed by atoms with Crippen molar-refractivity contribution in [3.8, 4) is 0 Å². The zero-order valence-corrected chi connectivity index (χ0v) is 10.7. The number of anilines is 1. The largest absolute Gasteiger partial charge is 0.349 e. The van der Waals surface area contributed by atoms with Crippen molar-refractivity contribution in [2.75, 3.05) is 5.43 Å². The van der Waals surface area contributed by atoms with Gasteiger partial charge in [0.1, 0.15) is 0 Å². The highest BCUT2D eigenvalue weighted by atomic mass is 16.1. The Bertz CT molecular complexity index is 361. The van der Waals surface area contributed by atoms with E-state index in [1.807, 2.05) is 6.92 Å². The molecule has 0 aliphatic carbocycles. The van der Waals surface area contributed by atoms with Gasteiger partial charge in [-0.2, -0.15) is 0 Å². The average molecular weight is 235 g/mol. The molecule has 4 heteroatoms. The smallest absolute Gasteiger partial charge is 0.251 e. The van der Waals surface area contributed by atoms with Gasteiger partial charge in [-0.25, -0.2) is 0 Å². The number of nitrogens with one attached hydrogen (secondary N) is 2. The van der Waals surface area contributed by atoms with Crippen LogP contribution in [0.5, 0.6) is 0 Å². The SMILES string of the molecule is CCC(C)C(C)NC(=O)c1ccc(NN)cc1. The van der Waals surface area contributed by atoms with Crippen molar-refractivity contribution < 1.29 is 4.79 Å². The van der Waals surface area contributed by atoms with Crippen LogP contribution in [0.1, 0.15) is 37.6 Å². The lowest BCUT2D eigenvalue weighted by Crippen LogP contribution is -2.36. The summed E-state index contributed by atoms with van der Waals surface area (Å²) in [6, 6.07) is 7.26. The van der Waals surface area contributed by atoms with Crippen molar-refractivity contribution in [3.05, 3.63) is 29.8 Å². The fraction of sp³-hybridized carbons (Fsp3) is 0.462. The minimum absolute atomic E-state index is 0.0404. The van der Waals surface area contributed by atoms with E-state index in [-0.39, 0.29) is 11.9 Å². The number of rotatable bonds is 5. The second-order valence-corrected chi connectivity index (χ2v) is 4.37. The summed E-state index contributed by atoms with van der Waals surface area (Å²) in [4.78, 5) is 11.9. The highest BCUT2D eigenvalue weighted by Crippen LogP contribution is 2.10. The van der Waals surface area contributed by atoms with Crippen LogP contribution >= 0.6 is 0 Å². The molecule has 2 unspecified atom stereocenters. The summed E-state index contributed by atoms with van der Waals surface area (Å²) in [5.41, 5.74) is 3.97. The number of nitrogen functional groups attached to an aromatic ring is 1. The molecule has 0 heterocycles. The fourth-order valence-corrected chi connectivity index (χ4v) is 1.50. The van der Waals surface area contributed by atoms with Crippen LogP contribution in [0.3, 0.4) is 0 Å². The van der Waals surface area contributed by atoms with Crippen LogP contribution in [0.25, 0.3) is 0 Å². The van der Waals surface area contributed by atoms with Gasteiger partial charge in [0, 0.05) is 17.3 Å². The van der Waals surface area contributed by atoms with Crippen molar-refractivity contribution in [3.63, 3.8) is 0 Å². The molecular weight excluding hydrogens is 214 g/mol. The number of hydrogen-bond acceptors (Lipinski definition) is 3. The zero-order valence-electron chi connectivity index (χ0n) is 10.7. The summed E-state index contributed by atoms with van der Waals surface area (Å²) in [5, 5.41) is 2.99. The molecular formula is C13H21N3O. The highest BCUT2D eigenvalue weighted by Gasteiger charge is 2.14. The van der Waals surface area contributed by atoms with Gasteiger partial charge in [0.15, 0.2) is 0 Å². The molecule has 0 aliphatic rings. The third-order valence-electron chi connectivity index (χ3n) is 3.17. The van der Waals surface area contributed by atoms with Crippen molar-refractivity contribution in [2.45, 2.75) is 33.2 Å². The topological polar surface area (TPSA) is 67.2 Å². The maximum atomic E-state index is 11.9. The van der Waals surface area contributed by atoms with E-state index in [0.717, 1.165) is 12.1 Å². The first-order valence-electron chi connectivity index (χ1n) is 5.96. The van der Waals surface area contributed by atoms with Gasteiger partial charge in [-0.05, 0) is 37.1 Å². The molecule has 1 rings (SSSR count). The summed E-state index contributed by atoms with van der Waals surface area (Å²) >= 11 is 0. The third-order valence-corrected chi connectivity index (χ3v) is 3.17. The van der Waals surface area contributed by atoms with E-state index in [1.54, 1.807) is 24.3 Å². The highest BCUT2D eigenvalue weighted by molar-refractivity contribution is 5.94. The molecule has 0 fully saturated rings. The van der Waals surface area contributed by atoms with Crippen molar-refractivity contribution in [1.29, 1.82) is 0 Å². The van der Waals surface area contributed by atoms with Gasteiger partial charge >= 0.3 is 0 Å². The molecule has 1 aromatic rings.